The number of hydrogen-bond acceptors (Lipinski definition) is 2. The molecule has 0 atom stereocenters. The molecule has 112 valence electrons. The van der Waals surface area contributed by atoms with Crippen molar-refractivity contribution in [3.8, 4) is 0 Å². The minimum Gasteiger partial charge on any atom is -0.267 e. The molecule has 0 aromatic heterocycles. The van der Waals surface area contributed by atoms with Crippen LogP contribution in [0.15, 0.2) is 53.6 Å². The zero-order valence-electron chi connectivity index (χ0n) is 12.2. The highest BCUT2D eigenvalue weighted by Crippen LogP contribution is 2.20. The lowest BCUT2D eigenvalue weighted by Crippen LogP contribution is -2.20. The van der Waals surface area contributed by atoms with Gasteiger partial charge in [0.25, 0.3) is 5.91 Å². The predicted octanol–water partition coefficient (Wildman–Crippen LogP) is 3.69. The SMILES string of the molecule is O=C(N/N=C1/CCCCc2ccccc21)c1ccc(F)cc1. The Morgan fingerprint density at radius 1 is 1.00 bits per heavy atom. The minimum absolute atomic E-state index is 0.325. The van der Waals surface area contributed by atoms with Crippen molar-refractivity contribution in [2.45, 2.75) is 25.7 Å². The lowest BCUT2D eigenvalue weighted by molar-refractivity contribution is 0.0954. The second kappa shape index (κ2) is 6.52. The Morgan fingerprint density at radius 3 is 2.55 bits per heavy atom. The summed E-state index contributed by atoms with van der Waals surface area (Å²) in [6.45, 7) is 0. The number of carbonyl (C=O) groups is 1. The smallest absolute Gasteiger partial charge is 0.267 e. The van der Waals surface area contributed by atoms with Gasteiger partial charge in [-0.15, -0.1) is 0 Å². The summed E-state index contributed by atoms with van der Waals surface area (Å²) < 4.78 is 12.9. The largest absolute Gasteiger partial charge is 0.271 e. The standard InChI is InChI=1S/C18H17FN2O/c19-15-11-9-14(10-12-15)18(22)21-20-17-8-4-2-6-13-5-1-3-7-16(13)17/h1,3,5,7,9-12H,2,4,6,8H2,(H,21,22)/b20-17-. The van der Waals surface area contributed by atoms with Crippen molar-refractivity contribution in [3.05, 3.63) is 71.0 Å². The number of hydrazone groups is 1. The van der Waals surface area contributed by atoms with Crippen molar-refractivity contribution in [2.75, 3.05) is 0 Å². The molecule has 0 heterocycles. The van der Waals surface area contributed by atoms with Gasteiger partial charge >= 0.3 is 0 Å². The Hall–Kier alpha value is -2.49. The van der Waals surface area contributed by atoms with Crippen molar-refractivity contribution in [1.82, 2.24) is 5.43 Å². The fourth-order valence-corrected chi connectivity index (χ4v) is 2.66. The van der Waals surface area contributed by atoms with E-state index in [1.807, 2.05) is 18.2 Å². The first-order valence-electron chi connectivity index (χ1n) is 7.45. The average Bonchev–Trinajstić information content (AvgIpc) is 2.75. The van der Waals surface area contributed by atoms with Crippen LogP contribution >= 0.6 is 0 Å². The van der Waals surface area contributed by atoms with E-state index in [4.69, 9.17) is 0 Å². The number of nitrogens with one attached hydrogen (secondary N) is 1. The topological polar surface area (TPSA) is 41.5 Å². The molecule has 0 saturated carbocycles. The minimum atomic E-state index is -0.361. The Morgan fingerprint density at radius 2 is 1.73 bits per heavy atom. The lowest BCUT2D eigenvalue weighted by Gasteiger charge is -2.08. The van der Waals surface area contributed by atoms with Gasteiger partial charge in [0, 0.05) is 11.1 Å². The average molecular weight is 296 g/mol. The van der Waals surface area contributed by atoms with E-state index in [-0.39, 0.29) is 11.7 Å². The Bertz CT molecular complexity index is 707. The molecule has 3 rings (SSSR count). The van der Waals surface area contributed by atoms with E-state index in [9.17, 15) is 9.18 Å². The summed E-state index contributed by atoms with van der Waals surface area (Å²) in [6, 6.07) is 13.6. The molecule has 1 N–H and O–H groups in total. The van der Waals surface area contributed by atoms with Crippen LogP contribution in [-0.2, 0) is 6.42 Å². The van der Waals surface area contributed by atoms with E-state index in [1.54, 1.807) is 0 Å². The summed E-state index contributed by atoms with van der Waals surface area (Å²) in [4.78, 5) is 12.1. The highest BCUT2D eigenvalue weighted by atomic mass is 19.1. The number of fused-ring (bicyclic) bond motifs is 1. The fourth-order valence-electron chi connectivity index (χ4n) is 2.66. The zero-order valence-corrected chi connectivity index (χ0v) is 12.2. The van der Waals surface area contributed by atoms with Gasteiger partial charge in [-0.1, -0.05) is 24.3 Å². The predicted molar refractivity (Wildman–Crippen MR) is 84.4 cm³/mol. The number of benzene rings is 2. The van der Waals surface area contributed by atoms with Crippen LogP contribution in [0.5, 0.6) is 0 Å². The number of aryl methyl sites for hydroxylation is 1. The molecule has 2 aromatic rings. The maximum Gasteiger partial charge on any atom is 0.271 e. The first-order valence-corrected chi connectivity index (χ1v) is 7.45. The Kier molecular flexibility index (Phi) is 4.28. The molecule has 0 bridgehead atoms. The molecule has 1 aliphatic carbocycles. The summed E-state index contributed by atoms with van der Waals surface area (Å²) in [5.74, 6) is -0.685. The molecule has 0 aliphatic heterocycles. The molecular weight excluding hydrogens is 279 g/mol. The summed E-state index contributed by atoms with van der Waals surface area (Å²) >= 11 is 0. The van der Waals surface area contributed by atoms with E-state index >= 15 is 0 Å². The summed E-state index contributed by atoms with van der Waals surface area (Å²) in [6.07, 6.45) is 4.07. The van der Waals surface area contributed by atoms with Gasteiger partial charge in [0.05, 0.1) is 5.71 Å². The van der Waals surface area contributed by atoms with E-state index in [0.29, 0.717) is 5.56 Å². The molecule has 1 amide bonds. The Balaban J connectivity index is 1.80. The van der Waals surface area contributed by atoms with Gasteiger partial charge in [-0.25, -0.2) is 9.82 Å². The zero-order chi connectivity index (χ0) is 15.4. The quantitative estimate of drug-likeness (QED) is 0.666. The van der Waals surface area contributed by atoms with Crippen LogP contribution < -0.4 is 5.43 Å². The highest BCUT2D eigenvalue weighted by molar-refractivity contribution is 6.03. The van der Waals surface area contributed by atoms with Crippen LogP contribution in [-0.4, -0.2) is 11.6 Å². The van der Waals surface area contributed by atoms with E-state index in [1.165, 1.54) is 29.8 Å². The summed E-state index contributed by atoms with van der Waals surface area (Å²) in [7, 11) is 0. The van der Waals surface area contributed by atoms with Crippen molar-refractivity contribution >= 4 is 11.6 Å². The van der Waals surface area contributed by atoms with E-state index in [2.05, 4.69) is 16.6 Å². The van der Waals surface area contributed by atoms with Crippen LogP contribution in [0.3, 0.4) is 0 Å². The third-order valence-corrected chi connectivity index (χ3v) is 3.84. The molecule has 0 spiro atoms. The van der Waals surface area contributed by atoms with Gasteiger partial charge in [-0.05, 0) is 55.5 Å². The second-order valence-electron chi connectivity index (χ2n) is 5.37. The van der Waals surface area contributed by atoms with Gasteiger partial charge in [0.1, 0.15) is 5.82 Å². The number of rotatable bonds is 2. The van der Waals surface area contributed by atoms with Gasteiger partial charge in [0.15, 0.2) is 0 Å². The molecule has 0 unspecified atom stereocenters. The summed E-state index contributed by atoms with van der Waals surface area (Å²) in [5, 5.41) is 4.31. The van der Waals surface area contributed by atoms with E-state index in [0.717, 1.165) is 37.0 Å². The fraction of sp³-hybridized carbons (Fsp3) is 0.222. The lowest BCUT2D eigenvalue weighted by atomic mass is 10.0. The van der Waals surface area contributed by atoms with Gasteiger partial charge in [-0.2, -0.15) is 5.10 Å². The van der Waals surface area contributed by atoms with Gasteiger partial charge in [0.2, 0.25) is 0 Å². The molecule has 0 fully saturated rings. The van der Waals surface area contributed by atoms with Crippen molar-refractivity contribution in [2.24, 2.45) is 5.10 Å². The molecule has 0 saturated heterocycles. The van der Waals surface area contributed by atoms with Crippen molar-refractivity contribution < 1.29 is 9.18 Å². The molecule has 2 aromatic carbocycles. The molecule has 22 heavy (non-hydrogen) atoms. The van der Waals surface area contributed by atoms with Crippen LogP contribution in [0.1, 0.15) is 40.7 Å². The van der Waals surface area contributed by atoms with Crippen LogP contribution in [0.2, 0.25) is 0 Å². The maximum atomic E-state index is 12.9. The van der Waals surface area contributed by atoms with Gasteiger partial charge in [-0.3, -0.25) is 4.79 Å². The van der Waals surface area contributed by atoms with Crippen LogP contribution in [0.25, 0.3) is 0 Å². The Labute approximate surface area is 128 Å². The third kappa shape index (κ3) is 3.22. The monoisotopic (exact) mass is 296 g/mol. The maximum absolute atomic E-state index is 12.9. The summed E-state index contributed by atoms with van der Waals surface area (Å²) in [5.41, 5.74) is 6.27. The number of hydrogen-bond donors (Lipinski definition) is 1. The number of amides is 1. The number of halogens is 1. The highest BCUT2D eigenvalue weighted by Gasteiger charge is 2.14. The second-order valence-corrected chi connectivity index (χ2v) is 5.37. The molecular formula is C18H17FN2O. The first kappa shape index (κ1) is 14.4. The molecule has 4 heteroatoms. The molecule has 3 nitrogen and oxygen atoms in total. The van der Waals surface area contributed by atoms with Crippen LogP contribution in [0, 0.1) is 5.82 Å². The van der Waals surface area contributed by atoms with Crippen LogP contribution in [0.4, 0.5) is 4.39 Å². The molecule has 0 radical (unpaired) electrons. The molecule has 1 aliphatic rings. The first-order chi connectivity index (χ1) is 10.7. The van der Waals surface area contributed by atoms with E-state index < -0.39 is 0 Å². The number of nitrogens with zero attached hydrogens (tertiary/aromatic N) is 1. The normalized spacial score (nSPS) is 16.0. The van der Waals surface area contributed by atoms with Gasteiger partial charge < -0.3 is 0 Å². The van der Waals surface area contributed by atoms with Crippen molar-refractivity contribution in [3.63, 3.8) is 0 Å². The van der Waals surface area contributed by atoms with Crippen molar-refractivity contribution in [1.29, 1.82) is 0 Å². The number of carbonyl (C=O) groups excluding carboxylic acids is 1. The third-order valence-electron chi connectivity index (χ3n) is 3.84.